The summed E-state index contributed by atoms with van der Waals surface area (Å²) < 4.78 is 8.87. The number of hydrogen-bond acceptors (Lipinski definition) is 1. The van der Waals surface area contributed by atoms with Crippen LogP contribution in [0.4, 0.5) is 0 Å². The molecule has 36 heavy (non-hydrogen) atoms. The van der Waals surface area contributed by atoms with Crippen molar-refractivity contribution in [1.29, 1.82) is 0 Å². The van der Waals surface area contributed by atoms with Gasteiger partial charge < -0.3 is 8.98 Å². The number of nitrogens with zero attached hydrogens (tertiary/aromatic N) is 1. The number of aromatic nitrogens is 1. The van der Waals surface area contributed by atoms with Gasteiger partial charge in [-0.1, -0.05) is 91.0 Å². The van der Waals surface area contributed by atoms with E-state index in [0.717, 1.165) is 27.6 Å². The summed E-state index contributed by atoms with van der Waals surface area (Å²) in [7, 11) is 0. The van der Waals surface area contributed by atoms with E-state index < -0.39 is 0 Å². The molecule has 0 aliphatic rings. The van der Waals surface area contributed by atoms with Gasteiger partial charge in [0.15, 0.2) is 0 Å². The maximum Gasteiger partial charge on any atom is 0.143 e. The zero-order valence-corrected chi connectivity index (χ0v) is 19.5. The van der Waals surface area contributed by atoms with Crippen LogP contribution in [0, 0.1) is 0 Å². The zero-order chi connectivity index (χ0) is 23.6. The Bertz CT molecular complexity index is 2080. The van der Waals surface area contributed by atoms with Crippen LogP contribution in [0.25, 0.3) is 71.3 Å². The lowest BCUT2D eigenvalue weighted by atomic mass is 10.0. The SMILES string of the molecule is c1ccc(-c2ccc(-n3c4ccccc4c4c5c(ccc6c7ccccc7oc65)ccc43)cc2)cc1. The highest BCUT2D eigenvalue weighted by Gasteiger charge is 2.18. The summed E-state index contributed by atoms with van der Waals surface area (Å²) in [6.45, 7) is 0. The quantitative estimate of drug-likeness (QED) is 0.252. The van der Waals surface area contributed by atoms with E-state index in [9.17, 15) is 0 Å². The van der Waals surface area contributed by atoms with Crippen LogP contribution < -0.4 is 0 Å². The van der Waals surface area contributed by atoms with E-state index in [1.165, 1.54) is 43.7 Å². The highest BCUT2D eigenvalue weighted by Crippen LogP contribution is 2.42. The van der Waals surface area contributed by atoms with E-state index in [-0.39, 0.29) is 0 Å². The minimum absolute atomic E-state index is 0.928. The van der Waals surface area contributed by atoms with Crippen molar-refractivity contribution >= 4 is 54.5 Å². The first-order valence-corrected chi connectivity index (χ1v) is 12.3. The molecule has 8 aromatic rings. The Balaban J connectivity index is 1.47. The van der Waals surface area contributed by atoms with Crippen molar-refractivity contribution in [1.82, 2.24) is 4.57 Å². The Morgan fingerprint density at radius 2 is 1.14 bits per heavy atom. The highest BCUT2D eigenvalue weighted by molar-refractivity contribution is 6.29. The number of fused-ring (bicyclic) bond motifs is 9. The lowest BCUT2D eigenvalue weighted by molar-refractivity contribution is 0.673. The smallest absolute Gasteiger partial charge is 0.143 e. The van der Waals surface area contributed by atoms with Gasteiger partial charge in [-0.2, -0.15) is 0 Å². The van der Waals surface area contributed by atoms with Crippen LogP contribution in [-0.2, 0) is 0 Å². The molecule has 0 saturated carbocycles. The van der Waals surface area contributed by atoms with Crippen LogP contribution in [0.3, 0.4) is 0 Å². The topological polar surface area (TPSA) is 18.1 Å². The standard InChI is InChI=1S/C34H21NO/c1-2-8-22(9-3-1)23-14-18-25(19-15-23)35-29-12-6-4-11-28(29)33-30(35)21-17-24-16-20-27-26-10-5-7-13-31(26)36-34(27)32(24)33/h1-21H. The highest BCUT2D eigenvalue weighted by atomic mass is 16.3. The van der Waals surface area contributed by atoms with Crippen LogP contribution in [0.1, 0.15) is 0 Å². The molecule has 2 nitrogen and oxygen atoms in total. The summed E-state index contributed by atoms with van der Waals surface area (Å²) in [5, 5.41) is 7.16. The van der Waals surface area contributed by atoms with Gasteiger partial charge in [-0.3, -0.25) is 0 Å². The lowest BCUT2D eigenvalue weighted by Gasteiger charge is -2.10. The zero-order valence-electron chi connectivity index (χ0n) is 19.5. The molecule has 0 unspecified atom stereocenters. The number of hydrogen-bond donors (Lipinski definition) is 0. The Morgan fingerprint density at radius 1 is 0.444 bits per heavy atom. The first-order valence-electron chi connectivity index (χ1n) is 12.3. The summed E-state index contributed by atoms with van der Waals surface area (Å²) in [6, 6.07) is 45.3. The molecular formula is C34H21NO. The molecule has 8 rings (SSSR count). The number of rotatable bonds is 2. The van der Waals surface area contributed by atoms with Crippen molar-refractivity contribution in [3.8, 4) is 16.8 Å². The first-order chi connectivity index (χ1) is 17.9. The molecule has 0 aliphatic carbocycles. The molecule has 2 heterocycles. The first kappa shape index (κ1) is 19.5. The van der Waals surface area contributed by atoms with Crippen molar-refractivity contribution in [2.24, 2.45) is 0 Å². The van der Waals surface area contributed by atoms with Gasteiger partial charge in [0, 0.05) is 32.6 Å². The van der Waals surface area contributed by atoms with E-state index >= 15 is 0 Å². The molecule has 168 valence electrons. The molecule has 0 amide bonds. The van der Waals surface area contributed by atoms with Gasteiger partial charge in [0.2, 0.25) is 0 Å². The fourth-order valence-electron chi connectivity index (χ4n) is 5.76. The molecule has 0 radical (unpaired) electrons. The van der Waals surface area contributed by atoms with Crippen LogP contribution in [-0.4, -0.2) is 4.57 Å². The third kappa shape index (κ3) is 2.67. The van der Waals surface area contributed by atoms with E-state index in [4.69, 9.17) is 4.42 Å². The van der Waals surface area contributed by atoms with E-state index in [0.29, 0.717) is 0 Å². The Morgan fingerprint density at radius 3 is 2.00 bits per heavy atom. The monoisotopic (exact) mass is 459 g/mol. The van der Waals surface area contributed by atoms with Gasteiger partial charge >= 0.3 is 0 Å². The van der Waals surface area contributed by atoms with E-state index in [1.54, 1.807) is 0 Å². The predicted octanol–water partition coefficient (Wildman–Crippen LogP) is 9.50. The molecule has 0 aliphatic heterocycles. The molecule has 2 heteroatoms. The van der Waals surface area contributed by atoms with Crippen LogP contribution in [0.5, 0.6) is 0 Å². The molecule has 2 aromatic heterocycles. The summed E-state index contributed by atoms with van der Waals surface area (Å²) >= 11 is 0. The predicted molar refractivity (Wildman–Crippen MR) is 151 cm³/mol. The van der Waals surface area contributed by atoms with Gasteiger partial charge in [-0.05, 0) is 52.9 Å². The summed E-state index contributed by atoms with van der Waals surface area (Å²) in [5.41, 5.74) is 7.86. The molecule has 0 fully saturated rings. The normalized spacial score (nSPS) is 11.9. The van der Waals surface area contributed by atoms with Crippen molar-refractivity contribution in [2.45, 2.75) is 0 Å². The fraction of sp³-hybridized carbons (Fsp3) is 0. The molecular weight excluding hydrogens is 438 g/mol. The summed E-state index contributed by atoms with van der Waals surface area (Å²) in [6.07, 6.45) is 0. The van der Waals surface area contributed by atoms with E-state index in [2.05, 4.69) is 126 Å². The minimum atomic E-state index is 0.928. The largest absolute Gasteiger partial charge is 0.455 e. The van der Waals surface area contributed by atoms with Crippen molar-refractivity contribution < 1.29 is 4.42 Å². The second-order valence-corrected chi connectivity index (χ2v) is 9.36. The van der Waals surface area contributed by atoms with Gasteiger partial charge in [-0.15, -0.1) is 0 Å². The maximum absolute atomic E-state index is 6.49. The molecule has 0 atom stereocenters. The van der Waals surface area contributed by atoms with Gasteiger partial charge in [0.05, 0.1) is 11.0 Å². The van der Waals surface area contributed by atoms with Gasteiger partial charge in [0.1, 0.15) is 11.2 Å². The van der Waals surface area contributed by atoms with Crippen LogP contribution in [0.15, 0.2) is 132 Å². The third-order valence-electron chi connectivity index (χ3n) is 7.39. The van der Waals surface area contributed by atoms with Gasteiger partial charge in [0.25, 0.3) is 0 Å². The van der Waals surface area contributed by atoms with Crippen molar-refractivity contribution in [3.63, 3.8) is 0 Å². The molecule has 6 aromatic carbocycles. The Labute approximate surface area is 207 Å². The summed E-state index contributed by atoms with van der Waals surface area (Å²) in [4.78, 5) is 0. The average Bonchev–Trinajstić information content (AvgIpc) is 3.49. The second-order valence-electron chi connectivity index (χ2n) is 9.36. The van der Waals surface area contributed by atoms with Crippen LogP contribution in [0.2, 0.25) is 0 Å². The van der Waals surface area contributed by atoms with Crippen LogP contribution >= 0.6 is 0 Å². The summed E-state index contributed by atoms with van der Waals surface area (Å²) in [5.74, 6) is 0. The third-order valence-corrected chi connectivity index (χ3v) is 7.39. The van der Waals surface area contributed by atoms with Crippen molar-refractivity contribution in [3.05, 3.63) is 127 Å². The lowest BCUT2D eigenvalue weighted by Crippen LogP contribution is -1.93. The maximum atomic E-state index is 6.49. The average molecular weight is 460 g/mol. The molecule has 0 spiro atoms. The molecule has 0 saturated heterocycles. The number of furan rings is 1. The molecule has 0 bridgehead atoms. The molecule has 0 N–H and O–H groups in total. The van der Waals surface area contributed by atoms with E-state index in [1.807, 2.05) is 6.07 Å². The minimum Gasteiger partial charge on any atom is -0.455 e. The Kier molecular flexibility index (Phi) is 3.97. The second kappa shape index (κ2) is 7.34. The Hall–Kier alpha value is -4.82. The number of para-hydroxylation sites is 2. The van der Waals surface area contributed by atoms with Crippen molar-refractivity contribution in [2.75, 3.05) is 0 Å². The van der Waals surface area contributed by atoms with Gasteiger partial charge in [-0.25, -0.2) is 0 Å². The fourth-order valence-corrected chi connectivity index (χ4v) is 5.76. The number of benzene rings is 6.